The number of fused-ring (bicyclic) bond motifs is 1. The summed E-state index contributed by atoms with van der Waals surface area (Å²) in [5, 5.41) is 14.0. The van der Waals surface area contributed by atoms with Crippen LogP contribution in [0.15, 0.2) is 48.2 Å². The number of aromatic nitrogens is 2. The molecule has 1 atom stereocenters. The number of aryl methyl sites for hydroxylation is 2. The Morgan fingerprint density at radius 2 is 1.80 bits per heavy atom. The van der Waals surface area contributed by atoms with Gasteiger partial charge >= 0.3 is 0 Å². The summed E-state index contributed by atoms with van der Waals surface area (Å²) < 4.78 is 1.73. The number of nitrogens with zero attached hydrogens (tertiary/aromatic N) is 3. The van der Waals surface area contributed by atoms with Gasteiger partial charge in [-0.15, -0.1) is 0 Å². The highest BCUT2D eigenvalue weighted by Gasteiger charge is 2.44. The quantitative estimate of drug-likeness (QED) is 0.322. The third-order valence-corrected chi connectivity index (χ3v) is 6.76. The Labute approximate surface area is 206 Å². The standard InChI is InChI=1S/C28H34N4O3/c1-17(2)20-10-12-21(13-11-20)24-22(26(34)28(35)32(24)16-8-14-30(5)6)25(33)23-19(4)29-27-18(3)9-7-15-31(23)27/h7,9-13,15,17,24,33H,8,14,16H2,1-6H3. The largest absolute Gasteiger partial charge is 0.871 e. The maximum absolute atomic E-state index is 14.0. The molecule has 184 valence electrons. The summed E-state index contributed by atoms with van der Waals surface area (Å²) in [6.45, 7) is 9.20. The molecule has 3 aromatic rings. The van der Waals surface area contributed by atoms with Gasteiger partial charge in [-0.3, -0.25) is 9.59 Å². The lowest BCUT2D eigenvalue weighted by molar-refractivity contribution is -0.858. The van der Waals surface area contributed by atoms with Crippen molar-refractivity contribution in [3.8, 4) is 0 Å². The third-order valence-electron chi connectivity index (χ3n) is 6.76. The molecule has 0 spiro atoms. The van der Waals surface area contributed by atoms with Crippen molar-refractivity contribution in [1.29, 1.82) is 0 Å². The Balaban J connectivity index is 1.88. The highest BCUT2D eigenvalue weighted by Crippen LogP contribution is 2.39. The van der Waals surface area contributed by atoms with Crippen molar-refractivity contribution in [1.82, 2.24) is 14.3 Å². The molecular formula is C28H34N4O3. The first-order valence-corrected chi connectivity index (χ1v) is 12.2. The molecule has 1 fully saturated rings. The number of hydrogen-bond acceptors (Lipinski definition) is 4. The van der Waals surface area contributed by atoms with Gasteiger partial charge in [-0.05, 0) is 42.5 Å². The van der Waals surface area contributed by atoms with E-state index in [2.05, 4.69) is 32.9 Å². The highest BCUT2D eigenvalue weighted by atomic mass is 16.3. The zero-order valence-corrected chi connectivity index (χ0v) is 21.4. The summed E-state index contributed by atoms with van der Waals surface area (Å²) in [6, 6.07) is 11.0. The van der Waals surface area contributed by atoms with E-state index < -0.39 is 23.5 Å². The van der Waals surface area contributed by atoms with Crippen LogP contribution >= 0.6 is 0 Å². The molecule has 1 aliphatic heterocycles. The molecule has 3 heterocycles. The maximum Gasteiger partial charge on any atom is 0.295 e. The van der Waals surface area contributed by atoms with Crippen molar-refractivity contribution in [3.63, 3.8) is 0 Å². The van der Waals surface area contributed by atoms with E-state index in [0.29, 0.717) is 29.5 Å². The van der Waals surface area contributed by atoms with E-state index in [4.69, 9.17) is 0 Å². The van der Waals surface area contributed by atoms with Crippen LogP contribution in [0.2, 0.25) is 0 Å². The van der Waals surface area contributed by atoms with E-state index >= 15 is 0 Å². The van der Waals surface area contributed by atoms with E-state index in [-0.39, 0.29) is 5.57 Å². The fourth-order valence-corrected chi connectivity index (χ4v) is 4.83. The Hall–Kier alpha value is -3.45. The van der Waals surface area contributed by atoms with Crippen LogP contribution in [-0.2, 0) is 9.59 Å². The minimum Gasteiger partial charge on any atom is -0.871 e. The lowest BCUT2D eigenvalue weighted by Crippen LogP contribution is -3.05. The van der Waals surface area contributed by atoms with Crippen LogP contribution in [0.4, 0.5) is 0 Å². The monoisotopic (exact) mass is 474 g/mol. The predicted octanol–water partition coefficient (Wildman–Crippen LogP) is 1.83. The topological polar surface area (TPSA) is 82.2 Å². The fraction of sp³-hybridized carbons (Fsp3) is 0.393. The Bertz CT molecular complexity index is 1300. The summed E-state index contributed by atoms with van der Waals surface area (Å²) >= 11 is 0. The van der Waals surface area contributed by atoms with Gasteiger partial charge in [0, 0.05) is 24.7 Å². The molecule has 1 unspecified atom stereocenters. The molecule has 0 aliphatic carbocycles. The first-order chi connectivity index (χ1) is 16.6. The van der Waals surface area contributed by atoms with Gasteiger partial charge in [-0.25, -0.2) is 4.98 Å². The van der Waals surface area contributed by atoms with Crippen molar-refractivity contribution < 1.29 is 19.6 Å². The SMILES string of the molecule is Cc1nc2c(C)cccn2c1C([O-])=C1C(=O)C(=O)N(CCC[NH+](C)C)C1c1ccc(C(C)C)cc1. The molecule has 0 bridgehead atoms. The van der Waals surface area contributed by atoms with Gasteiger partial charge in [0.15, 0.2) is 0 Å². The minimum absolute atomic E-state index is 0.0101. The molecule has 1 aliphatic rings. The number of hydrogen-bond donors (Lipinski definition) is 1. The molecule has 1 amide bonds. The van der Waals surface area contributed by atoms with E-state index in [0.717, 1.165) is 29.7 Å². The van der Waals surface area contributed by atoms with E-state index in [1.807, 2.05) is 43.3 Å². The van der Waals surface area contributed by atoms with Crippen molar-refractivity contribution in [2.75, 3.05) is 27.2 Å². The van der Waals surface area contributed by atoms with E-state index in [9.17, 15) is 14.7 Å². The fourth-order valence-electron chi connectivity index (χ4n) is 4.83. The van der Waals surface area contributed by atoms with Crippen LogP contribution in [0.1, 0.15) is 60.3 Å². The van der Waals surface area contributed by atoms with Crippen LogP contribution in [0.25, 0.3) is 11.4 Å². The number of pyridine rings is 1. The first kappa shape index (κ1) is 24.7. The molecule has 0 saturated carbocycles. The average Bonchev–Trinajstić information content (AvgIpc) is 3.28. The van der Waals surface area contributed by atoms with Gasteiger partial charge in [-0.2, -0.15) is 0 Å². The molecule has 35 heavy (non-hydrogen) atoms. The molecule has 4 rings (SSSR count). The Morgan fingerprint density at radius 3 is 2.43 bits per heavy atom. The molecular weight excluding hydrogens is 440 g/mol. The number of benzene rings is 1. The number of imidazole rings is 1. The number of carbonyl (C=O) groups excluding carboxylic acids is 2. The zero-order valence-electron chi connectivity index (χ0n) is 21.4. The van der Waals surface area contributed by atoms with E-state index in [1.165, 1.54) is 4.90 Å². The summed E-state index contributed by atoms with van der Waals surface area (Å²) in [5.74, 6) is -1.41. The maximum atomic E-state index is 14.0. The van der Waals surface area contributed by atoms with Crippen LogP contribution < -0.4 is 10.0 Å². The summed E-state index contributed by atoms with van der Waals surface area (Å²) in [5.41, 5.74) is 4.43. The number of amides is 1. The van der Waals surface area contributed by atoms with Crippen molar-refractivity contribution >= 4 is 23.1 Å². The molecule has 7 nitrogen and oxygen atoms in total. The van der Waals surface area contributed by atoms with Gasteiger partial charge in [0.05, 0.1) is 38.1 Å². The lowest BCUT2D eigenvalue weighted by atomic mass is 9.93. The molecule has 2 aromatic heterocycles. The predicted molar refractivity (Wildman–Crippen MR) is 134 cm³/mol. The lowest BCUT2D eigenvalue weighted by Gasteiger charge is -2.28. The Kier molecular flexibility index (Phi) is 6.81. The number of quaternary nitrogens is 1. The van der Waals surface area contributed by atoms with Gasteiger partial charge in [-0.1, -0.05) is 49.9 Å². The second-order valence-corrected chi connectivity index (χ2v) is 10.0. The summed E-state index contributed by atoms with van der Waals surface area (Å²) in [6.07, 6.45) is 2.51. The average molecular weight is 475 g/mol. The van der Waals surface area contributed by atoms with Crippen LogP contribution in [-0.4, -0.2) is 53.2 Å². The zero-order chi connectivity index (χ0) is 25.4. The molecule has 7 heteroatoms. The third kappa shape index (κ3) is 4.48. The molecule has 1 aromatic carbocycles. The van der Waals surface area contributed by atoms with Gasteiger partial charge < -0.3 is 19.3 Å². The van der Waals surface area contributed by atoms with Crippen molar-refractivity contribution in [2.24, 2.45) is 0 Å². The smallest absolute Gasteiger partial charge is 0.295 e. The van der Waals surface area contributed by atoms with Crippen LogP contribution in [0.5, 0.6) is 0 Å². The minimum atomic E-state index is -0.716. The van der Waals surface area contributed by atoms with Gasteiger partial charge in [0.2, 0.25) is 5.78 Å². The second kappa shape index (κ2) is 9.66. The number of ketones is 1. The summed E-state index contributed by atoms with van der Waals surface area (Å²) in [4.78, 5) is 34.0. The van der Waals surface area contributed by atoms with E-state index in [1.54, 1.807) is 22.4 Å². The number of likely N-dealkylation sites (tertiary alicyclic amines) is 1. The van der Waals surface area contributed by atoms with Crippen LogP contribution in [0, 0.1) is 13.8 Å². The van der Waals surface area contributed by atoms with Crippen molar-refractivity contribution in [2.45, 2.75) is 46.1 Å². The van der Waals surface area contributed by atoms with Crippen LogP contribution in [0.3, 0.4) is 0 Å². The first-order valence-electron chi connectivity index (χ1n) is 12.2. The highest BCUT2D eigenvalue weighted by molar-refractivity contribution is 6.46. The molecule has 1 N–H and O–H groups in total. The van der Waals surface area contributed by atoms with Gasteiger partial charge in [0.1, 0.15) is 5.65 Å². The number of carbonyl (C=O) groups is 2. The number of nitrogens with one attached hydrogen (secondary N) is 1. The number of rotatable bonds is 7. The number of Topliss-reactive ketones (excluding diaryl/α,β-unsaturated/α-hetero) is 1. The summed E-state index contributed by atoms with van der Waals surface area (Å²) in [7, 11) is 4.10. The van der Waals surface area contributed by atoms with Gasteiger partial charge in [0.25, 0.3) is 5.91 Å². The Morgan fingerprint density at radius 1 is 1.11 bits per heavy atom. The molecule has 1 saturated heterocycles. The van der Waals surface area contributed by atoms with Crippen molar-refractivity contribution in [3.05, 3.63) is 76.2 Å². The molecule has 0 radical (unpaired) electrons. The second-order valence-electron chi connectivity index (χ2n) is 10.0. The normalized spacial score (nSPS) is 17.9.